The van der Waals surface area contributed by atoms with Crippen LogP contribution in [0.1, 0.15) is 38.8 Å². The van der Waals surface area contributed by atoms with Gasteiger partial charge < -0.3 is 4.42 Å². The van der Waals surface area contributed by atoms with Crippen LogP contribution in [0.25, 0.3) is 11.1 Å². The molecule has 2 rings (SSSR count). The average molecular weight is 221 g/mol. The molecule has 0 atom stereocenters. The average Bonchev–Trinajstić information content (AvgIpc) is 2.68. The van der Waals surface area contributed by atoms with E-state index in [1.54, 1.807) is 0 Å². The van der Waals surface area contributed by atoms with Crippen molar-refractivity contribution in [1.82, 2.24) is 4.98 Å². The van der Waals surface area contributed by atoms with E-state index in [2.05, 4.69) is 18.8 Å². The van der Waals surface area contributed by atoms with Crippen molar-refractivity contribution in [2.75, 3.05) is 0 Å². The van der Waals surface area contributed by atoms with Gasteiger partial charge in [0.2, 0.25) is 0 Å². The Bertz CT molecular complexity index is 464. The number of benzene rings is 1. The molecular weight excluding hydrogens is 202 g/mol. The summed E-state index contributed by atoms with van der Waals surface area (Å²) in [6.45, 7) is 8.21. The maximum absolute atomic E-state index is 11.0. The van der Waals surface area contributed by atoms with Gasteiger partial charge in [-0.3, -0.25) is 4.98 Å². The quantitative estimate of drug-likeness (QED) is 0.846. The summed E-state index contributed by atoms with van der Waals surface area (Å²) in [6, 6.07) is 3.95. The van der Waals surface area contributed by atoms with Gasteiger partial charge in [-0.1, -0.05) is 27.7 Å². The highest BCUT2D eigenvalue weighted by Crippen LogP contribution is 2.18. The van der Waals surface area contributed by atoms with Crippen molar-refractivity contribution in [2.45, 2.75) is 40.5 Å². The summed E-state index contributed by atoms with van der Waals surface area (Å²) in [5.74, 6) is -0.379. The first-order chi connectivity index (χ1) is 7.74. The Morgan fingerprint density at radius 3 is 2.25 bits per heavy atom. The molecule has 1 N–H and O–H groups in total. The van der Waals surface area contributed by atoms with Crippen LogP contribution in [0.5, 0.6) is 0 Å². The zero-order valence-corrected chi connectivity index (χ0v) is 10.4. The molecule has 88 valence electrons. The molecule has 1 heterocycles. The number of aromatic amines is 1. The Balaban J connectivity index is 0.000000606. The number of hydrogen-bond donors (Lipinski definition) is 1. The third-order valence-electron chi connectivity index (χ3n) is 2.50. The van der Waals surface area contributed by atoms with Gasteiger partial charge in [-0.05, 0) is 36.1 Å². The molecule has 0 aliphatic rings. The number of fused-ring (bicyclic) bond motifs is 1. The standard InChI is InChI=1S/C11H13NO2.C2H6/c1-3-7-5-9-10(6-8(7)4-2)14-11(13)12-9;1-2/h5-6H,3-4H2,1-2H3,(H,12,13);1-2H3. The number of hydrogen-bond acceptors (Lipinski definition) is 2. The highest BCUT2D eigenvalue weighted by atomic mass is 16.4. The van der Waals surface area contributed by atoms with Crippen molar-refractivity contribution in [3.8, 4) is 0 Å². The summed E-state index contributed by atoms with van der Waals surface area (Å²) >= 11 is 0. The summed E-state index contributed by atoms with van der Waals surface area (Å²) in [5.41, 5.74) is 3.98. The number of H-pyrrole nitrogens is 1. The predicted octanol–water partition coefficient (Wildman–Crippen LogP) is 3.27. The normalized spacial score (nSPS) is 10.0. The molecule has 0 radical (unpaired) electrons. The maximum Gasteiger partial charge on any atom is 0.417 e. The van der Waals surface area contributed by atoms with Crippen molar-refractivity contribution in [2.24, 2.45) is 0 Å². The Labute approximate surface area is 95.5 Å². The molecule has 3 nitrogen and oxygen atoms in total. The first kappa shape index (κ1) is 12.6. The van der Waals surface area contributed by atoms with E-state index in [1.807, 2.05) is 26.0 Å². The molecule has 16 heavy (non-hydrogen) atoms. The van der Waals surface area contributed by atoms with E-state index in [9.17, 15) is 4.79 Å². The van der Waals surface area contributed by atoms with Crippen LogP contribution in [0.4, 0.5) is 0 Å². The lowest BCUT2D eigenvalue weighted by molar-refractivity contribution is 0.555. The van der Waals surface area contributed by atoms with Crippen LogP contribution in [0, 0.1) is 0 Å². The molecule has 0 unspecified atom stereocenters. The fourth-order valence-corrected chi connectivity index (χ4v) is 1.74. The lowest BCUT2D eigenvalue weighted by Gasteiger charge is -2.03. The molecular formula is C13H19NO2. The maximum atomic E-state index is 11.0. The number of aromatic nitrogens is 1. The SMILES string of the molecule is CC.CCc1cc2[nH]c(=O)oc2cc1CC. The monoisotopic (exact) mass is 221 g/mol. The summed E-state index contributed by atoms with van der Waals surface area (Å²) in [7, 11) is 0. The summed E-state index contributed by atoms with van der Waals surface area (Å²) < 4.78 is 5.00. The van der Waals surface area contributed by atoms with Crippen LogP contribution in [0.3, 0.4) is 0 Å². The Morgan fingerprint density at radius 1 is 1.12 bits per heavy atom. The van der Waals surface area contributed by atoms with Gasteiger partial charge in [-0.2, -0.15) is 0 Å². The Kier molecular flexibility index (Phi) is 4.35. The zero-order valence-electron chi connectivity index (χ0n) is 10.4. The van der Waals surface area contributed by atoms with E-state index in [0.29, 0.717) is 5.58 Å². The van der Waals surface area contributed by atoms with Gasteiger partial charge in [0, 0.05) is 0 Å². The summed E-state index contributed by atoms with van der Waals surface area (Å²) in [5, 5.41) is 0. The number of aryl methyl sites for hydroxylation is 2. The molecule has 0 saturated heterocycles. The van der Waals surface area contributed by atoms with Crippen LogP contribution in [0.15, 0.2) is 21.3 Å². The highest BCUT2D eigenvalue weighted by molar-refractivity contribution is 5.74. The number of nitrogens with one attached hydrogen (secondary N) is 1. The second kappa shape index (κ2) is 5.54. The van der Waals surface area contributed by atoms with E-state index in [1.165, 1.54) is 11.1 Å². The van der Waals surface area contributed by atoms with E-state index in [4.69, 9.17) is 4.42 Å². The van der Waals surface area contributed by atoms with Gasteiger partial charge in [0.1, 0.15) is 0 Å². The molecule has 0 aliphatic carbocycles. The van der Waals surface area contributed by atoms with Crippen molar-refractivity contribution >= 4 is 11.1 Å². The van der Waals surface area contributed by atoms with Gasteiger partial charge in [-0.15, -0.1) is 0 Å². The Hall–Kier alpha value is -1.51. The summed E-state index contributed by atoms with van der Waals surface area (Å²) in [6.07, 6.45) is 1.94. The van der Waals surface area contributed by atoms with Gasteiger partial charge in [0.05, 0.1) is 5.52 Å². The van der Waals surface area contributed by atoms with E-state index < -0.39 is 0 Å². The second-order valence-electron chi connectivity index (χ2n) is 3.34. The van der Waals surface area contributed by atoms with Gasteiger partial charge in [-0.25, -0.2) is 4.79 Å². The third kappa shape index (κ3) is 2.35. The Morgan fingerprint density at radius 2 is 1.69 bits per heavy atom. The molecule has 0 fully saturated rings. The van der Waals surface area contributed by atoms with Crippen LogP contribution in [-0.2, 0) is 12.8 Å². The van der Waals surface area contributed by atoms with Crippen molar-refractivity contribution < 1.29 is 4.42 Å². The topological polar surface area (TPSA) is 46.0 Å². The third-order valence-corrected chi connectivity index (χ3v) is 2.50. The van der Waals surface area contributed by atoms with Crippen LogP contribution < -0.4 is 5.76 Å². The van der Waals surface area contributed by atoms with Crippen molar-refractivity contribution in [3.05, 3.63) is 33.8 Å². The van der Waals surface area contributed by atoms with Gasteiger partial charge in [0.15, 0.2) is 5.58 Å². The van der Waals surface area contributed by atoms with Crippen LogP contribution in [-0.4, -0.2) is 4.98 Å². The highest BCUT2D eigenvalue weighted by Gasteiger charge is 2.05. The molecule has 0 amide bonds. The summed E-state index contributed by atoms with van der Waals surface area (Å²) in [4.78, 5) is 13.6. The molecule has 0 aliphatic heterocycles. The second-order valence-corrected chi connectivity index (χ2v) is 3.34. The fraction of sp³-hybridized carbons (Fsp3) is 0.462. The van der Waals surface area contributed by atoms with Gasteiger partial charge in [0.25, 0.3) is 0 Å². The smallest absolute Gasteiger partial charge is 0.408 e. The van der Waals surface area contributed by atoms with Crippen molar-refractivity contribution in [3.63, 3.8) is 0 Å². The minimum atomic E-state index is -0.379. The zero-order chi connectivity index (χ0) is 12.1. The lowest BCUT2D eigenvalue weighted by Crippen LogP contribution is -1.93. The molecule has 0 spiro atoms. The molecule has 2 aromatic rings. The van der Waals surface area contributed by atoms with E-state index in [0.717, 1.165) is 18.4 Å². The van der Waals surface area contributed by atoms with Crippen LogP contribution >= 0.6 is 0 Å². The minimum absolute atomic E-state index is 0.379. The van der Waals surface area contributed by atoms with E-state index >= 15 is 0 Å². The molecule has 3 heteroatoms. The minimum Gasteiger partial charge on any atom is -0.408 e. The predicted molar refractivity (Wildman–Crippen MR) is 66.9 cm³/mol. The first-order valence-corrected chi connectivity index (χ1v) is 5.89. The lowest BCUT2D eigenvalue weighted by atomic mass is 10.0. The van der Waals surface area contributed by atoms with E-state index in [-0.39, 0.29) is 5.76 Å². The van der Waals surface area contributed by atoms with Gasteiger partial charge >= 0.3 is 5.76 Å². The molecule has 0 bridgehead atoms. The molecule has 1 aromatic heterocycles. The molecule has 1 aromatic carbocycles. The largest absolute Gasteiger partial charge is 0.417 e. The van der Waals surface area contributed by atoms with Crippen LogP contribution in [0.2, 0.25) is 0 Å². The fourth-order valence-electron chi connectivity index (χ4n) is 1.74. The molecule has 0 saturated carbocycles. The van der Waals surface area contributed by atoms with Crippen molar-refractivity contribution in [1.29, 1.82) is 0 Å². The number of oxazole rings is 1. The number of rotatable bonds is 2. The first-order valence-electron chi connectivity index (χ1n) is 5.89.